The monoisotopic (exact) mass is 288 g/mol. The highest BCUT2D eigenvalue weighted by Gasteiger charge is 2.12. The summed E-state index contributed by atoms with van der Waals surface area (Å²) < 4.78 is 1.83. The Morgan fingerprint density at radius 2 is 2.15 bits per heavy atom. The largest absolute Gasteiger partial charge is 0.289 e. The van der Waals surface area contributed by atoms with Crippen LogP contribution in [0.15, 0.2) is 30.5 Å². The van der Waals surface area contributed by atoms with Crippen molar-refractivity contribution in [3.05, 3.63) is 40.6 Å². The Morgan fingerprint density at radius 3 is 2.85 bits per heavy atom. The summed E-state index contributed by atoms with van der Waals surface area (Å²) in [5, 5.41) is 11.3. The van der Waals surface area contributed by atoms with E-state index in [1.165, 1.54) is 6.07 Å². The van der Waals surface area contributed by atoms with Gasteiger partial charge >= 0.3 is 0 Å². The highest BCUT2D eigenvalue weighted by molar-refractivity contribution is 14.1. The molecule has 0 unspecified atom stereocenters. The van der Waals surface area contributed by atoms with E-state index in [2.05, 4.69) is 22.9 Å². The number of hydrogen-bond acceptors (Lipinski definition) is 2. The van der Waals surface area contributed by atoms with Crippen LogP contribution in [-0.4, -0.2) is 7.70 Å². The van der Waals surface area contributed by atoms with Gasteiger partial charge in [-0.25, -0.2) is 0 Å². The van der Waals surface area contributed by atoms with Crippen molar-refractivity contribution < 1.29 is 4.92 Å². The lowest BCUT2D eigenvalue weighted by Crippen LogP contribution is -1.87. The SMILES string of the molecule is O=[N+]([O-])c1cccc2c1ccn2I. The molecule has 0 aliphatic rings. The number of fused-ring (bicyclic) bond motifs is 1. The van der Waals surface area contributed by atoms with Crippen LogP contribution in [0.25, 0.3) is 10.9 Å². The molecule has 1 heterocycles. The molecule has 2 aromatic rings. The first-order valence-electron chi connectivity index (χ1n) is 3.61. The van der Waals surface area contributed by atoms with E-state index in [9.17, 15) is 10.1 Å². The van der Waals surface area contributed by atoms with Gasteiger partial charge in [-0.1, -0.05) is 6.07 Å². The van der Waals surface area contributed by atoms with Crippen LogP contribution in [0.5, 0.6) is 0 Å². The van der Waals surface area contributed by atoms with Crippen molar-refractivity contribution in [2.75, 3.05) is 0 Å². The predicted molar refractivity (Wildman–Crippen MR) is 58.0 cm³/mol. The van der Waals surface area contributed by atoms with Crippen LogP contribution in [-0.2, 0) is 0 Å². The second-order valence-corrected chi connectivity index (χ2v) is 3.63. The molecule has 4 nitrogen and oxygen atoms in total. The summed E-state index contributed by atoms with van der Waals surface area (Å²) in [5.41, 5.74) is 1.03. The van der Waals surface area contributed by atoms with Gasteiger partial charge in [-0.2, -0.15) is 0 Å². The summed E-state index contributed by atoms with van der Waals surface area (Å²) in [7, 11) is 0. The molecule has 66 valence electrons. The van der Waals surface area contributed by atoms with Gasteiger partial charge in [-0.05, 0) is 12.1 Å². The minimum Gasteiger partial charge on any atom is -0.289 e. The van der Waals surface area contributed by atoms with E-state index >= 15 is 0 Å². The Kier molecular flexibility index (Phi) is 1.95. The molecule has 13 heavy (non-hydrogen) atoms. The molecule has 0 bridgehead atoms. The van der Waals surface area contributed by atoms with Gasteiger partial charge in [0.2, 0.25) is 0 Å². The van der Waals surface area contributed by atoms with E-state index in [-0.39, 0.29) is 10.6 Å². The Morgan fingerprint density at radius 1 is 1.38 bits per heavy atom. The number of hydrogen-bond donors (Lipinski definition) is 0. The van der Waals surface area contributed by atoms with Crippen LogP contribution in [0.3, 0.4) is 0 Å². The molecule has 1 aromatic carbocycles. The van der Waals surface area contributed by atoms with E-state index in [1.807, 2.05) is 8.85 Å². The van der Waals surface area contributed by atoms with Crippen molar-refractivity contribution in [1.82, 2.24) is 2.78 Å². The zero-order chi connectivity index (χ0) is 9.42. The minimum atomic E-state index is -0.362. The molecular weight excluding hydrogens is 283 g/mol. The number of nitro groups is 1. The summed E-state index contributed by atoms with van der Waals surface area (Å²) in [6.45, 7) is 0. The Hall–Kier alpha value is -1.11. The van der Waals surface area contributed by atoms with E-state index in [0.717, 1.165) is 5.52 Å². The number of aromatic nitrogens is 1. The van der Waals surface area contributed by atoms with Gasteiger partial charge in [0.1, 0.15) is 0 Å². The van der Waals surface area contributed by atoms with Crippen LogP contribution in [0.2, 0.25) is 0 Å². The van der Waals surface area contributed by atoms with Gasteiger partial charge in [-0.15, -0.1) is 0 Å². The Bertz CT molecular complexity index is 478. The molecule has 0 fully saturated rings. The van der Waals surface area contributed by atoms with E-state index in [0.29, 0.717) is 5.39 Å². The van der Waals surface area contributed by atoms with Crippen molar-refractivity contribution in [3.8, 4) is 0 Å². The summed E-state index contributed by atoms with van der Waals surface area (Å²) in [4.78, 5) is 10.3. The average Bonchev–Trinajstić information content (AvgIpc) is 2.48. The zero-order valence-corrected chi connectivity index (χ0v) is 8.63. The molecule has 0 N–H and O–H groups in total. The van der Waals surface area contributed by atoms with Gasteiger partial charge in [0, 0.05) is 12.3 Å². The van der Waals surface area contributed by atoms with E-state index in [1.54, 1.807) is 18.3 Å². The standard InChI is InChI=1S/C8H5IN2O2/c9-10-5-4-6-7(10)2-1-3-8(6)11(12)13/h1-5H. The maximum atomic E-state index is 10.6. The quantitative estimate of drug-likeness (QED) is 0.460. The molecule has 0 aliphatic heterocycles. The molecule has 5 heteroatoms. The van der Waals surface area contributed by atoms with Gasteiger partial charge < -0.3 is 0 Å². The summed E-state index contributed by atoms with van der Waals surface area (Å²) in [5.74, 6) is 0. The van der Waals surface area contributed by atoms with Crippen molar-refractivity contribution in [2.24, 2.45) is 0 Å². The van der Waals surface area contributed by atoms with E-state index < -0.39 is 0 Å². The molecular formula is C8H5IN2O2. The normalized spacial score (nSPS) is 10.5. The van der Waals surface area contributed by atoms with Crippen LogP contribution in [0.4, 0.5) is 5.69 Å². The van der Waals surface area contributed by atoms with Crippen molar-refractivity contribution in [1.29, 1.82) is 0 Å². The van der Waals surface area contributed by atoms with Gasteiger partial charge in [0.05, 0.1) is 38.7 Å². The number of nitrogens with zero attached hydrogens (tertiary/aromatic N) is 2. The van der Waals surface area contributed by atoms with Crippen LogP contribution in [0, 0.1) is 10.1 Å². The first kappa shape index (κ1) is 8.49. The van der Waals surface area contributed by atoms with Crippen molar-refractivity contribution in [3.63, 3.8) is 0 Å². The summed E-state index contributed by atoms with van der Waals surface area (Å²) >= 11 is 2.09. The Labute approximate surface area is 87.8 Å². The smallest absolute Gasteiger partial charge is 0.278 e. The first-order valence-corrected chi connectivity index (χ1v) is 4.57. The third-order valence-electron chi connectivity index (χ3n) is 1.86. The third-order valence-corrected chi connectivity index (χ3v) is 2.70. The molecule has 0 saturated carbocycles. The molecule has 0 amide bonds. The average molecular weight is 288 g/mol. The molecule has 0 aliphatic carbocycles. The summed E-state index contributed by atoms with van der Waals surface area (Å²) in [6, 6.07) is 6.81. The fourth-order valence-corrected chi connectivity index (χ4v) is 1.86. The second-order valence-electron chi connectivity index (χ2n) is 2.59. The maximum absolute atomic E-state index is 10.6. The van der Waals surface area contributed by atoms with Crippen molar-refractivity contribution in [2.45, 2.75) is 0 Å². The second kappa shape index (κ2) is 2.99. The topological polar surface area (TPSA) is 48.1 Å². The lowest BCUT2D eigenvalue weighted by atomic mass is 10.2. The van der Waals surface area contributed by atoms with Gasteiger partial charge in [-0.3, -0.25) is 12.9 Å². The highest BCUT2D eigenvalue weighted by Crippen LogP contribution is 2.26. The number of benzene rings is 1. The molecule has 2 rings (SSSR count). The minimum absolute atomic E-state index is 0.160. The van der Waals surface area contributed by atoms with Crippen LogP contribution < -0.4 is 0 Å². The number of non-ortho nitro benzene ring substituents is 1. The Balaban J connectivity index is 2.84. The zero-order valence-electron chi connectivity index (χ0n) is 6.48. The number of nitro benzene ring substituents is 1. The number of rotatable bonds is 1. The highest BCUT2D eigenvalue weighted by atomic mass is 127. The maximum Gasteiger partial charge on any atom is 0.278 e. The molecule has 0 atom stereocenters. The fourth-order valence-electron chi connectivity index (χ4n) is 1.28. The molecule has 0 radical (unpaired) electrons. The molecule has 1 aromatic heterocycles. The molecule has 0 spiro atoms. The van der Waals surface area contributed by atoms with Gasteiger partial charge in [0.15, 0.2) is 0 Å². The fraction of sp³-hybridized carbons (Fsp3) is 0. The predicted octanol–water partition coefficient (Wildman–Crippen LogP) is 2.75. The lowest BCUT2D eigenvalue weighted by molar-refractivity contribution is -0.383. The van der Waals surface area contributed by atoms with E-state index in [4.69, 9.17) is 0 Å². The molecule has 0 saturated heterocycles. The summed E-state index contributed by atoms with van der Waals surface area (Å²) in [6.07, 6.45) is 1.80. The van der Waals surface area contributed by atoms with Crippen LogP contribution in [0.1, 0.15) is 0 Å². The first-order chi connectivity index (χ1) is 6.20. The third kappa shape index (κ3) is 1.28. The van der Waals surface area contributed by atoms with Crippen molar-refractivity contribution >= 4 is 39.5 Å². The van der Waals surface area contributed by atoms with Gasteiger partial charge in [0.25, 0.3) is 5.69 Å². The number of halogens is 1. The van der Waals surface area contributed by atoms with Crippen LogP contribution >= 0.6 is 22.9 Å². The lowest BCUT2D eigenvalue weighted by Gasteiger charge is -1.94.